The number of esters is 1. The Bertz CT molecular complexity index is 656. The molecule has 0 spiro atoms. The number of methoxy groups -OCH3 is 2. The van der Waals surface area contributed by atoms with Crippen LogP contribution in [0.15, 0.2) is 24.4 Å². The van der Waals surface area contributed by atoms with Gasteiger partial charge in [-0.25, -0.2) is 14.8 Å². The maximum absolute atomic E-state index is 11.4. The first kappa shape index (κ1) is 13.8. The summed E-state index contributed by atoms with van der Waals surface area (Å²) >= 11 is 0. The Morgan fingerprint density at radius 3 is 2.65 bits per heavy atom. The second-order valence-corrected chi connectivity index (χ2v) is 4.19. The molecule has 0 aliphatic carbocycles. The van der Waals surface area contributed by atoms with Gasteiger partial charge in [0, 0.05) is 6.20 Å². The molecule has 6 heteroatoms. The van der Waals surface area contributed by atoms with E-state index in [1.54, 1.807) is 7.11 Å². The van der Waals surface area contributed by atoms with Crippen molar-refractivity contribution < 1.29 is 14.3 Å². The Morgan fingerprint density at radius 2 is 2.05 bits per heavy atom. The maximum Gasteiger partial charge on any atom is 0.343 e. The van der Waals surface area contributed by atoms with Crippen LogP contribution in [0.5, 0.6) is 5.75 Å². The van der Waals surface area contributed by atoms with Crippen LogP contribution in [0.3, 0.4) is 0 Å². The van der Waals surface area contributed by atoms with Gasteiger partial charge in [0.1, 0.15) is 17.1 Å². The lowest BCUT2D eigenvalue weighted by Gasteiger charge is -2.09. The number of nitrogens with two attached hydrogens (primary N) is 1. The predicted octanol–water partition coefficient (Wildman–Crippen LogP) is 1.83. The number of rotatable bonds is 3. The van der Waals surface area contributed by atoms with Crippen LogP contribution in [-0.4, -0.2) is 30.2 Å². The molecule has 0 saturated heterocycles. The third-order valence-electron chi connectivity index (χ3n) is 2.82. The molecule has 1 aromatic heterocycles. The zero-order valence-corrected chi connectivity index (χ0v) is 11.5. The van der Waals surface area contributed by atoms with Crippen molar-refractivity contribution in [3.8, 4) is 17.1 Å². The summed E-state index contributed by atoms with van der Waals surface area (Å²) in [5, 5.41) is 0. The summed E-state index contributed by atoms with van der Waals surface area (Å²) in [5.41, 5.74) is 7.67. The molecular weight excluding hydrogens is 258 g/mol. The first-order valence-electron chi connectivity index (χ1n) is 5.92. The highest BCUT2D eigenvalue weighted by Crippen LogP contribution is 2.29. The quantitative estimate of drug-likeness (QED) is 0.858. The summed E-state index contributed by atoms with van der Waals surface area (Å²) in [5.74, 6) is 0.552. The molecule has 1 aromatic carbocycles. The summed E-state index contributed by atoms with van der Waals surface area (Å²) in [4.78, 5) is 19.7. The van der Waals surface area contributed by atoms with E-state index in [1.807, 2.05) is 25.1 Å². The predicted molar refractivity (Wildman–Crippen MR) is 74.5 cm³/mol. The van der Waals surface area contributed by atoms with E-state index in [-0.39, 0.29) is 11.4 Å². The minimum atomic E-state index is -0.565. The molecule has 0 radical (unpaired) electrons. The summed E-state index contributed by atoms with van der Waals surface area (Å²) in [7, 11) is 2.85. The van der Waals surface area contributed by atoms with Crippen LogP contribution >= 0.6 is 0 Å². The monoisotopic (exact) mass is 273 g/mol. The molecule has 20 heavy (non-hydrogen) atoms. The number of hydrogen-bond donors (Lipinski definition) is 1. The van der Waals surface area contributed by atoms with Gasteiger partial charge in [0.25, 0.3) is 0 Å². The summed E-state index contributed by atoms with van der Waals surface area (Å²) in [6.07, 6.45) is 1.35. The third-order valence-corrected chi connectivity index (χ3v) is 2.82. The van der Waals surface area contributed by atoms with Crippen LogP contribution in [0, 0.1) is 6.92 Å². The fourth-order valence-corrected chi connectivity index (χ4v) is 1.78. The number of hydrogen-bond acceptors (Lipinski definition) is 6. The lowest BCUT2D eigenvalue weighted by molar-refractivity contribution is 0.0601. The highest BCUT2D eigenvalue weighted by atomic mass is 16.5. The van der Waals surface area contributed by atoms with Crippen molar-refractivity contribution in [2.45, 2.75) is 6.92 Å². The standard InChI is InChI=1S/C14H15N3O3/c1-8-4-5-9(11(6-8)19-2)13-16-7-10(12(15)17-13)14(18)20-3/h4-7H,1-3H3,(H2,15,16,17). The molecule has 2 N–H and O–H groups in total. The molecule has 0 atom stereocenters. The highest BCUT2D eigenvalue weighted by molar-refractivity contribution is 5.94. The van der Waals surface area contributed by atoms with Gasteiger partial charge in [0.15, 0.2) is 5.82 Å². The number of carbonyl (C=O) groups is 1. The first-order valence-corrected chi connectivity index (χ1v) is 5.92. The van der Waals surface area contributed by atoms with Gasteiger partial charge < -0.3 is 15.2 Å². The maximum atomic E-state index is 11.4. The molecule has 0 bridgehead atoms. The van der Waals surface area contributed by atoms with Gasteiger partial charge in [0.2, 0.25) is 0 Å². The highest BCUT2D eigenvalue weighted by Gasteiger charge is 2.15. The van der Waals surface area contributed by atoms with Crippen molar-refractivity contribution in [1.29, 1.82) is 0 Å². The number of nitrogen functional groups attached to an aromatic ring is 1. The van der Waals surface area contributed by atoms with Gasteiger partial charge in [-0.05, 0) is 24.6 Å². The zero-order valence-electron chi connectivity index (χ0n) is 11.5. The number of nitrogens with zero attached hydrogens (tertiary/aromatic N) is 2. The molecule has 1 heterocycles. The van der Waals surface area contributed by atoms with Crippen LogP contribution < -0.4 is 10.5 Å². The first-order chi connectivity index (χ1) is 9.56. The number of ether oxygens (including phenoxy) is 2. The fourth-order valence-electron chi connectivity index (χ4n) is 1.78. The van der Waals surface area contributed by atoms with Gasteiger partial charge in [-0.3, -0.25) is 0 Å². The van der Waals surface area contributed by atoms with Crippen molar-refractivity contribution in [3.63, 3.8) is 0 Å². The van der Waals surface area contributed by atoms with Gasteiger partial charge >= 0.3 is 5.97 Å². The van der Waals surface area contributed by atoms with Gasteiger partial charge in [-0.15, -0.1) is 0 Å². The number of aryl methyl sites for hydroxylation is 1. The number of carbonyl (C=O) groups excluding carboxylic acids is 1. The van der Waals surface area contributed by atoms with E-state index in [9.17, 15) is 4.79 Å². The van der Waals surface area contributed by atoms with Crippen molar-refractivity contribution >= 4 is 11.8 Å². The average Bonchev–Trinajstić information content (AvgIpc) is 2.46. The van der Waals surface area contributed by atoms with Crippen molar-refractivity contribution in [2.75, 3.05) is 20.0 Å². The molecule has 0 aliphatic heterocycles. The van der Waals surface area contributed by atoms with E-state index < -0.39 is 5.97 Å². The molecule has 0 aliphatic rings. The molecule has 6 nitrogen and oxygen atoms in total. The normalized spacial score (nSPS) is 10.2. The Morgan fingerprint density at radius 1 is 1.30 bits per heavy atom. The van der Waals surface area contributed by atoms with E-state index in [1.165, 1.54) is 13.3 Å². The summed E-state index contributed by atoms with van der Waals surface area (Å²) in [6, 6.07) is 5.65. The fraction of sp³-hybridized carbons (Fsp3) is 0.214. The van der Waals surface area contributed by atoms with Crippen LogP contribution in [0.1, 0.15) is 15.9 Å². The van der Waals surface area contributed by atoms with Crippen molar-refractivity contribution in [3.05, 3.63) is 35.5 Å². The molecule has 104 valence electrons. The molecule has 0 amide bonds. The third kappa shape index (κ3) is 2.54. The number of aromatic nitrogens is 2. The Labute approximate surface area is 116 Å². The molecular formula is C14H15N3O3. The van der Waals surface area contributed by atoms with E-state index >= 15 is 0 Å². The molecule has 0 unspecified atom stereocenters. The average molecular weight is 273 g/mol. The minimum Gasteiger partial charge on any atom is -0.496 e. The Hall–Kier alpha value is -2.63. The summed E-state index contributed by atoms with van der Waals surface area (Å²) in [6.45, 7) is 1.96. The smallest absolute Gasteiger partial charge is 0.343 e. The summed E-state index contributed by atoms with van der Waals surface area (Å²) < 4.78 is 9.91. The lowest BCUT2D eigenvalue weighted by atomic mass is 10.1. The van der Waals surface area contributed by atoms with Crippen molar-refractivity contribution in [2.24, 2.45) is 0 Å². The topological polar surface area (TPSA) is 87.3 Å². The second-order valence-electron chi connectivity index (χ2n) is 4.19. The number of benzene rings is 1. The lowest BCUT2D eigenvalue weighted by Crippen LogP contribution is -2.09. The molecule has 2 aromatic rings. The number of anilines is 1. The molecule has 2 rings (SSSR count). The van der Waals surface area contributed by atoms with Gasteiger partial charge in [-0.1, -0.05) is 6.07 Å². The second kappa shape index (κ2) is 5.56. The van der Waals surface area contributed by atoms with E-state index in [4.69, 9.17) is 10.5 Å². The van der Waals surface area contributed by atoms with Crippen molar-refractivity contribution in [1.82, 2.24) is 9.97 Å². The largest absolute Gasteiger partial charge is 0.496 e. The van der Waals surface area contributed by atoms with Crippen LogP contribution in [0.4, 0.5) is 5.82 Å². The minimum absolute atomic E-state index is 0.0736. The van der Waals surface area contributed by atoms with E-state index in [2.05, 4.69) is 14.7 Å². The van der Waals surface area contributed by atoms with E-state index in [0.717, 1.165) is 5.56 Å². The SMILES string of the molecule is COC(=O)c1cnc(-c2ccc(C)cc2OC)nc1N. The molecule has 0 saturated carbocycles. The Balaban J connectivity index is 2.49. The van der Waals surface area contributed by atoms with Crippen LogP contribution in [0.2, 0.25) is 0 Å². The van der Waals surface area contributed by atoms with Crippen LogP contribution in [0.25, 0.3) is 11.4 Å². The van der Waals surface area contributed by atoms with E-state index in [0.29, 0.717) is 17.1 Å². The Kier molecular flexibility index (Phi) is 3.84. The molecule has 0 fully saturated rings. The van der Waals surface area contributed by atoms with Gasteiger partial charge in [0.05, 0.1) is 19.8 Å². The van der Waals surface area contributed by atoms with Gasteiger partial charge in [-0.2, -0.15) is 0 Å². The van der Waals surface area contributed by atoms with Crippen LogP contribution in [-0.2, 0) is 4.74 Å². The zero-order chi connectivity index (χ0) is 14.7.